The Balaban J connectivity index is 3.31. The number of aryl methyl sites for hydroxylation is 1. The Morgan fingerprint density at radius 3 is 1.80 bits per heavy atom. The second kappa shape index (κ2) is 2.13. The molecular formula is C6H10N4. The summed E-state index contributed by atoms with van der Waals surface area (Å²) in [5.41, 5.74) is 11.7. The summed E-state index contributed by atoms with van der Waals surface area (Å²) in [5.74, 6) is 1.54. The fraction of sp³-hybridized carbons (Fsp3) is 0.333. The molecule has 1 rings (SSSR count). The van der Waals surface area contributed by atoms with E-state index >= 15 is 0 Å². The van der Waals surface area contributed by atoms with Gasteiger partial charge < -0.3 is 11.5 Å². The molecule has 10 heavy (non-hydrogen) atoms. The van der Waals surface area contributed by atoms with Gasteiger partial charge in [0.25, 0.3) is 0 Å². The molecule has 0 spiro atoms. The van der Waals surface area contributed by atoms with Gasteiger partial charge >= 0.3 is 0 Å². The van der Waals surface area contributed by atoms with E-state index < -0.39 is 0 Å². The molecule has 0 aliphatic heterocycles. The van der Waals surface area contributed by atoms with E-state index in [4.69, 9.17) is 11.5 Å². The number of rotatable bonds is 0. The second-order valence-corrected chi connectivity index (χ2v) is 2.17. The van der Waals surface area contributed by atoms with E-state index in [1.807, 2.05) is 0 Å². The predicted octanol–water partition coefficient (Wildman–Crippen LogP) is 0.258. The minimum absolute atomic E-state index is 0.463. The molecule has 0 amide bonds. The standard InChI is InChI=1S/C6H10N4/c1-3-5(7)9-4(2)10-6(3)8/h1-2H3,(H4,7,8,9,10). The first kappa shape index (κ1) is 6.80. The minimum Gasteiger partial charge on any atom is -0.383 e. The molecule has 0 atom stereocenters. The van der Waals surface area contributed by atoms with Crippen LogP contribution < -0.4 is 11.5 Å². The van der Waals surface area contributed by atoms with Gasteiger partial charge in [0.1, 0.15) is 17.5 Å². The van der Waals surface area contributed by atoms with Crippen LogP contribution >= 0.6 is 0 Å². The summed E-state index contributed by atoms with van der Waals surface area (Å²) in [7, 11) is 0. The first-order valence-corrected chi connectivity index (χ1v) is 2.97. The van der Waals surface area contributed by atoms with Gasteiger partial charge in [0.2, 0.25) is 0 Å². The number of hydrogen-bond acceptors (Lipinski definition) is 4. The highest BCUT2D eigenvalue weighted by atomic mass is 15.0. The van der Waals surface area contributed by atoms with Gasteiger partial charge in [-0.05, 0) is 13.8 Å². The molecule has 0 fully saturated rings. The maximum Gasteiger partial charge on any atom is 0.132 e. The molecule has 0 unspecified atom stereocenters. The van der Waals surface area contributed by atoms with Crippen LogP contribution in [0.2, 0.25) is 0 Å². The molecule has 54 valence electrons. The lowest BCUT2D eigenvalue weighted by Crippen LogP contribution is -2.03. The van der Waals surface area contributed by atoms with Crippen molar-refractivity contribution >= 4 is 11.6 Å². The van der Waals surface area contributed by atoms with Crippen molar-refractivity contribution in [3.8, 4) is 0 Å². The van der Waals surface area contributed by atoms with Gasteiger partial charge in [0, 0.05) is 5.56 Å². The third kappa shape index (κ3) is 1.00. The van der Waals surface area contributed by atoms with Gasteiger partial charge in [-0.25, -0.2) is 9.97 Å². The Morgan fingerprint density at radius 2 is 1.40 bits per heavy atom. The van der Waals surface area contributed by atoms with Crippen molar-refractivity contribution in [1.29, 1.82) is 0 Å². The molecule has 0 saturated heterocycles. The molecule has 0 aromatic carbocycles. The maximum absolute atomic E-state index is 5.49. The minimum atomic E-state index is 0.463. The summed E-state index contributed by atoms with van der Waals surface area (Å²) in [5, 5.41) is 0. The Kier molecular flexibility index (Phi) is 1.45. The van der Waals surface area contributed by atoms with Crippen LogP contribution in [0.3, 0.4) is 0 Å². The van der Waals surface area contributed by atoms with Crippen LogP contribution in [0.5, 0.6) is 0 Å². The maximum atomic E-state index is 5.49. The topological polar surface area (TPSA) is 77.8 Å². The zero-order valence-electron chi connectivity index (χ0n) is 6.05. The van der Waals surface area contributed by atoms with Crippen molar-refractivity contribution in [2.75, 3.05) is 11.5 Å². The zero-order chi connectivity index (χ0) is 7.72. The largest absolute Gasteiger partial charge is 0.383 e. The first-order valence-electron chi connectivity index (χ1n) is 2.97. The van der Waals surface area contributed by atoms with E-state index in [0.717, 1.165) is 5.56 Å². The van der Waals surface area contributed by atoms with Gasteiger partial charge in [-0.15, -0.1) is 0 Å². The number of hydrogen-bond donors (Lipinski definition) is 2. The highest BCUT2D eigenvalue weighted by Gasteiger charge is 2.00. The monoisotopic (exact) mass is 138 g/mol. The molecule has 1 aromatic rings. The van der Waals surface area contributed by atoms with Gasteiger partial charge in [0.15, 0.2) is 0 Å². The lowest BCUT2D eigenvalue weighted by Gasteiger charge is -2.01. The Hall–Kier alpha value is -1.32. The van der Waals surface area contributed by atoms with Crippen molar-refractivity contribution in [1.82, 2.24) is 9.97 Å². The number of nitrogen functional groups attached to an aromatic ring is 2. The highest BCUT2D eigenvalue weighted by molar-refractivity contribution is 5.51. The summed E-state index contributed by atoms with van der Waals surface area (Å²) >= 11 is 0. The summed E-state index contributed by atoms with van der Waals surface area (Å²) in [6, 6.07) is 0. The van der Waals surface area contributed by atoms with E-state index in [2.05, 4.69) is 9.97 Å². The van der Waals surface area contributed by atoms with Crippen LogP contribution in [0.4, 0.5) is 11.6 Å². The van der Waals surface area contributed by atoms with Crippen LogP contribution in [0.25, 0.3) is 0 Å². The third-order valence-corrected chi connectivity index (χ3v) is 1.33. The molecule has 4 nitrogen and oxygen atoms in total. The van der Waals surface area contributed by atoms with Crippen LogP contribution in [-0.2, 0) is 0 Å². The summed E-state index contributed by atoms with van der Waals surface area (Å²) < 4.78 is 0. The molecule has 0 aliphatic rings. The van der Waals surface area contributed by atoms with E-state index in [0.29, 0.717) is 17.5 Å². The zero-order valence-corrected chi connectivity index (χ0v) is 6.05. The molecule has 0 radical (unpaired) electrons. The molecule has 0 aliphatic carbocycles. The Morgan fingerprint density at radius 1 is 1.00 bits per heavy atom. The average molecular weight is 138 g/mol. The average Bonchev–Trinajstić information content (AvgIpc) is 1.82. The third-order valence-electron chi connectivity index (χ3n) is 1.33. The summed E-state index contributed by atoms with van der Waals surface area (Å²) in [6.45, 7) is 3.55. The first-order chi connectivity index (χ1) is 4.61. The lowest BCUT2D eigenvalue weighted by molar-refractivity contribution is 1.05. The van der Waals surface area contributed by atoms with Gasteiger partial charge in [0.05, 0.1) is 0 Å². The molecule has 4 N–H and O–H groups in total. The smallest absolute Gasteiger partial charge is 0.132 e. The Bertz CT molecular complexity index is 233. The van der Waals surface area contributed by atoms with Crippen LogP contribution in [0.1, 0.15) is 11.4 Å². The van der Waals surface area contributed by atoms with E-state index in [9.17, 15) is 0 Å². The summed E-state index contributed by atoms with van der Waals surface area (Å²) in [6.07, 6.45) is 0. The van der Waals surface area contributed by atoms with Crippen molar-refractivity contribution < 1.29 is 0 Å². The number of nitrogens with zero attached hydrogens (tertiary/aromatic N) is 2. The normalized spacial score (nSPS) is 9.80. The van der Waals surface area contributed by atoms with E-state index in [1.54, 1.807) is 13.8 Å². The van der Waals surface area contributed by atoms with Crippen LogP contribution in [0, 0.1) is 13.8 Å². The van der Waals surface area contributed by atoms with Crippen LogP contribution in [-0.4, -0.2) is 9.97 Å². The fourth-order valence-electron chi connectivity index (χ4n) is 0.673. The number of anilines is 2. The molecule has 4 heteroatoms. The lowest BCUT2D eigenvalue weighted by atomic mass is 10.3. The van der Waals surface area contributed by atoms with Crippen molar-refractivity contribution in [3.63, 3.8) is 0 Å². The van der Waals surface area contributed by atoms with Crippen LogP contribution in [0.15, 0.2) is 0 Å². The fourth-order valence-corrected chi connectivity index (χ4v) is 0.673. The van der Waals surface area contributed by atoms with E-state index in [-0.39, 0.29) is 0 Å². The quantitative estimate of drug-likeness (QED) is 0.539. The predicted molar refractivity (Wildman–Crippen MR) is 40.3 cm³/mol. The van der Waals surface area contributed by atoms with Crippen molar-refractivity contribution in [3.05, 3.63) is 11.4 Å². The van der Waals surface area contributed by atoms with Gasteiger partial charge in [-0.3, -0.25) is 0 Å². The number of nitrogens with two attached hydrogens (primary N) is 2. The van der Waals surface area contributed by atoms with E-state index in [1.165, 1.54) is 0 Å². The van der Waals surface area contributed by atoms with Crippen molar-refractivity contribution in [2.24, 2.45) is 0 Å². The molecular weight excluding hydrogens is 128 g/mol. The molecule has 1 heterocycles. The number of aromatic nitrogens is 2. The van der Waals surface area contributed by atoms with Crippen molar-refractivity contribution in [2.45, 2.75) is 13.8 Å². The summed E-state index contributed by atoms with van der Waals surface area (Å²) in [4.78, 5) is 7.84. The highest BCUT2D eigenvalue weighted by Crippen LogP contribution is 2.12. The van der Waals surface area contributed by atoms with Gasteiger partial charge in [-0.2, -0.15) is 0 Å². The SMILES string of the molecule is Cc1nc(N)c(C)c(N)n1. The van der Waals surface area contributed by atoms with Gasteiger partial charge in [-0.1, -0.05) is 0 Å². The second-order valence-electron chi connectivity index (χ2n) is 2.17. The molecule has 1 aromatic heterocycles. The molecule has 0 saturated carbocycles. The molecule has 0 bridgehead atoms. The Labute approximate surface area is 59.3 Å².